The maximum Gasteiger partial charge on any atom is 0.289 e. The van der Waals surface area contributed by atoms with Crippen LogP contribution in [0, 0.1) is 0 Å². The quantitative estimate of drug-likeness (QED) is 0.815. The molecule has 0 aliphatic rings. The number of carbonyl (C=O) groups excluding carboxylic acids is 1. The van der Waals surface area contributed by atoms with Crippen LogP contribution in [-0.4, -0.2) is 22.4 Å². The number of rotatable bonds is 4. The minimum absolute atomic E-state index is 0.233. The van der Waals surface area contributed by atoms with E-state index in [1.54, 1.807) is 6.20 Å². The topological polar surface area (TPSA) is 54.9 Å². The van der Waals surface area contributed by atoms with Crippen LogP contribution in [0.5, 0.6) is 0 Å². The van der Waals surface area contributed by atoms with Crippen molar-refractivity contribution in [1.82, 2.24) is 15.3 Å². The maximum atomic E-state index is 11.5. The summed E-state index contributed by atoms with van der Waals surface area (Å²) in [6.45, 7) is 8.40. The number of allylic oxidation sites excluding steroid dienone is 1. The second-order valence-electron chi connectivity index (χ2n) is 3.00. The Bertz CT molecular complexity index is 361. The van der Waals surface area contributed by atoms with Gasteiger partial charge in [0.2, 0.25) is 5.82 Å². The van der Waals surface area contributed by atoms with Crippen LogP contribution >= 0.6 is 0 Å². The predicted molar refractivity (Wildman–Crippen MR) is 69.9 cm³/mol. The van der Waals surface area contributed by atoms with Gasteiger partial charge in [-0.3, -0.25) is 4.79 Å². The minimum atomic E-state index is -0.233. The van der Waals surface area contributed by atoms with E-state index in [2.05, 4.69) is 15.3 Å². The number of amides is 1. The van der Waals surface area contributed by atoms with Crippen LogP contribution in [-0.2, 0) is 6.42 Å². The van der Waals surface area contributed by atoms with Gasteiger partial charge in [0.1, 0.15) is 0 Å². The molecule has 1 N–H and O–H groups in total. The molecule has 94 valence electrons. The summed E-state index contributed by atoms with van der Waals surface area (Å²) in [6.07, 6.45) is 6.15. The van der Waals surface area contributed by atoms with E-state index in [1.807, 2.05) is 45.9 Å². The molecular weight excluding hydrogens is 214 g/mol. The Balaban J connectivity index is 0.00000121. The van der Waals surface area contributed by atoms with Crippen LogP contribution in [0.1, 0.15) is 44.0 Å². The summed E-state index contributed by atoms with van der Waals surface area (Å²) in [5.74, 6) is 0.00209. The highest BCUT2D eigenvalue weighted by Crippen LogP contribution is 1.96. The van der Waals surface area contributed by atoms with Gasteiger partial charge < -0.3 is 5.32 Å². The van der Waals surface area contributed by atoms with Gasteiger partial charge in [0.25, 0.3) is 5.91 Å². The van der Waals surface area contributed by atoms with Crippen LogP contribution in [0.15, 0.2) is 24.4 Å². The van der Waals surface area contributed by atoms with E-state index in [1.165, 1.54) is 0 Å². The number of hydrogen-bond donors (Lipinski definition) is 1. The van der Waals surface area contributed by atoms with Crippen molar-refractivity contribution in [2.75, 3.05) is 6.54 Å². The number of carbonyl (C=O) groups is 1. The van der Waals surface area contributed by atoms with E-state index in [0.717, 1.165) is 12.1 Å². The maximum absolute atomic E-state index is 11.5. The molecule has 17 heavy (non-hydrogen) atoms. The third-order valence-corrected chi connectivity index (χ3v) is 1.89. The van der Waals surface area contributed by atoms with E-state index in [4.69, 9.17) is 0 Å². The average Bonchev–Trinajstić information content (AvgIpc) is 2.41. The molecule has 0 bridgehead atoms. The summed E-state index contributed by atoms with van der Waals surface area (Å²) in [4.78, 5) is 19.6. The summed E-state index contributed by atoms with van der Waals surface area (Å²) in [5.41, 5.74) is 0.876. The number of aryl methyl sites for hydroxylation is 1. The Labute approximate surface area is 103 Å². The van der Waals surface area contributed by atoms with Crippen LogP contribution in [0.25, 0.3) is 0 Å². The van der Waals surface area contributed by atoms with E-state index in [9.17, 15) is 4.79 Å². The van der Waals surface area contributed by atoms with Gasteiger partial charge in [-0.25, -0.2) is 9.97 Å². The Morgan fingerprint density at radius 2 is 2.18 bits per heavy atom. The molecule has 0 saturated carbocycles. The Morgan fingerprint density at radius 1 is 1.47 bits per heavy atom. The molecule has 0 spiro atoms. The lowest BCUT2D eigenvalue weighted by Gasteiger charge is -2.01. The lowest BCUT2D eigenvalue weighted by molar-refractivity contribution is 0.0947. The van der Waals surface area contributed by atoms with Crippen molar-refractivity contribution in [1.29, 1.82) is 0 Å². The molecule has 0 atom stereocenters. The standard InChI is InChI=1S/C11H15N3O.C2H6/c1-3-5-7-13-11(15)10-12-8-6-9(4-2)14-10;1-2/h3,5-6,8H,4,7H2,1-2H3,(H,13,15);1-2H3/b5-3+;. The van der Waals surface area contributed by atoms with Gasteiger partial charge in [0, 0.05) is 18.4 Å². The second kappa shape index (κ2) is 9.51. The van der Waals surface area contributed by atoms with Crippen molar-refractivity contribution in [3.8, 4) is 0 Å². The lowest BCUT2D eigenvalue weighted by Crippen LogP contribution is -2.25. The Kier molecular flexibility index (Phi) is 8.55. The third kappa shape index (κ3) is 5.80. The summed E-state index contributed by atoms with van der Waals surface area (Å²) < 4.78 is 0. The van der Waals surface area contributed by atoms with Crippen molar-refractivity contribution in [2.45, 2.75) is 34.1 Å². The van der Waals surface area contributed by atoms with Crippen molar-refractivity contribution in [2.24, 2.45) is 0 Å². The molecule has 0 fully saturated rings. The van der Waals surface area contributed by atoms with Gasteiger partial charge in [0.15, 0.2) is 0 Å². The van der Waals surface area contributed by atoms with E-state index >= 15 is 0 Å². The van der Waals surface area contributed by atoms with Crippen LogP contribution in [0.2, 0.25) is 0 Å². The van der Waals surface area contributed by atoms with Crippen LogP contribution in [0.4, 0.5) is 0 Å². The fourth-order valence-corrected chi connectivity index (χ4v) is 1.05. The first-order valence-corrected chi connectivity index (χ1v) is 5.99. The normalized spacial score (nSPS) is 9.65. The average molecular weight is 235 g/mol. The summed E-state index contributed by atoms with van der Waals surface area (Å²) in [5, 5.41) is 2.70. The first-order chi connectivity index (χ1) is 8.27. The van der Waals surface area contributed by atoms with Gasteiger partial charge in [0.05, 0.1) is 0 Å². The van der Waals surface area contributed by atoms with Crippen molar-refractivity contribution in [3.05, 3.63) is 35.9 Å². The predicted octanol–water partition coefficient (Wildman–Crippen LogP) is 2.37. The summed E-state index contributed by atoms with van der Waals surface area (Å²) in [7, 11) is 0. The molecule has 0 aromatic carbocycles. The lowest BCUT2D eigenvalue weighted by atomic mass is 10.3. The largest absolute Gasteiger partial charge is 0.346 e. The van der Waals surface area contributed by atoms with Crippen molar-refractivity contribution in [3.63, 3.8) is 0 Å². The molecule has 4 nitrogen and oxygen atoms in total. The van der Waals surface area contributed by atoms with Crippen molar-refractivity contribution < 1.29 is 4.79 Å². The number of nitrogens with one attached hydrogen (secondary N) is 1. The number of nitrogens with zero attached hydrogens (tertiary/aromatic N) is 2. The van der Waals surface area contributed by atoms with Gasteiger partial charge in [-0.15, -0.1) is 0 Å². The fraction of sp³-hybridized carbons (Fsp3) is 0.462. The second-order valence-corrected chi connectivity index (χ2v) is 3.00. The van der Waals surface area contributed by atoms with Gasteiger partial charge in [-0.1, -0.05) is 32.9 Å². The molecule has 0 unspecified atom stereocenters. The molecule has 0 saturated heterocycles. The minimum Gasteiger partial charge on any atom is -0.346 e. The molecule has 4 heteroatoms. The molecule has 1 rings (SSSR count). The summed E-state index contributed by atoms with van der Waals surface area (Å²) in [6, 6.07) is 1.81. The summed E-state index contributed by atoms with van der Waals surface area (Å²) >= 11 is 0. The zero-order chi connectivity index (χ0) is 13.1. The highest BCUT2D eigenvalue weighted by molar-refractivity contribution is 5.90. The number of hydrogen-bond acceptors (Lipinski definition) is 3. The smallest absolute Gasteiger partial charge is 0.289 e. The Hall–Kier alpha value is -1.71. The molecule has 0 aliphatic heterocycles. The molecule has 0 radical (unpaired) electrons. The monoisotopic (exact) mass is 235 g/mol. The third-order valence-electron chi connectivity index (χ3n) is 1.89. The fourth-order valence-electron chi connectivity index (χ4n) is 1.05. The van der Waals surface area contributed by atoms with E-state index in [-0.39, 0.29) is 11.7 Å². The van der Waals surface area contributed by atoms with Gasteiger partial charge >= 0.3 is 0 Å². The molecule has 0 aliphatic carbocycles. The first kappa shape index (κ1) is 15.3. The number of aromatic nitrogens is 2. The van der Waals surface area contributed by atoms with Gasteiger partial charge in [-0.05, 0) is 19.4 Å². The van der Waals surface area contributed by atoms with Gasteiger partial charge in [-0.2, -0.15) is 0 Å². The van der Waals surface area contributed by atoms with Crippen LogP contribution < -0.4 is 5.32 Å². The van der Waals surface area contributed by atoms with E-state index in [0.29, 0.717) is 6.54 Å². The van der Waals surface area contributed by atoms with Crippen LogP contribution in [0.3, 0.4) is 0 Å². The highest BCUT2D eigenvalue weighted by atomic mass is 16.2. The molecular formula is C13H21N3O. The zero-order valence-corrected chi connectivity index (χ0v) is 11.0. The Morgan fingerprint density at radius 3 is 2.76 bits per heavy atom. The van der Waals surface area contributed by atoms with E-state index < -0.39 is 0 Å². The molecule has 1 aromatic rings. The zero-order valence-electron chi connectivity index (χ0n) is 11.0. The molecule has 1 amide bonds. The SMILES string of the molecule is C/C=C/CNC(=O)c1nccc(CC)n1.CC. The first-order valence-electron chi connectivity index (χ1n) is 5.99. The van der Waals surface area contributed by atoms with Crippen molar-refractivity contribution >= 4 is 5.91 Å². The molecule has 1 heterocycles. The highest BCUT2D eigenvalue weighted by Gasteiger charge is 2.07. The molecule has 1 aromatic heterocycles.